The molecule has 0 spiro atoms. The number of aromatic nitrogens is 3. The molecule has 0 saturated carbocycles. The highest BCUT2D eigenvalue weighted by Crippen LogP contribution is 2.30. The first-order valence-electron chi connectivity index (χ1n) is 7.58. The first kappa shape index (κ1) is 17.0. The van der Waals surface area contributed by atoms with Gasteiger partial charge in [0.05, 0.1) is 5.69 Å². The van der Waals surface area contributed by atoms with Crippen LogP contribution in [-0.2, 0) is 7.05 Å². The number of pyridine rings is 1. The van der Waals surface area contributed by atoms with E-state index in [1.807, 2.05) is 6.92 Å². The van der Waals surface area contributed by atoms with E-state index < -0.39 is 11.2 Å². The Labute approximate surface area is 148 Å². The average Bonchev–Trinajstić information content (AvgIpc) is 2.59. The van der Waals surface area contributed by atoms with Gasteiger partial charge in [-0.05, 0) is 55.3 Å². The summed E-state index contributed by atoms with van der Waals surface area (Å²) in [6, 6.07) is 8.83. The molecule has 3 rings (SSSR count). The molecule has 2 heterocycles. The highest BCUT2D eigenvalue weighted by atomic mass is 35.5. The Balaban J connectivity index is 1.98. The molecule has 25 heavy (non-hydrogen) atoms. The fraction of sp³-hybridized carbons (Fsp3) is 0.167. The zero-order valence-electron chi connectivity index (χ0n) is 14.0. The molecule has 7 heteroatoms. The number of nitrogens with one attached hydrogen (secondary N) is 1. The summed E-state index contributed by atoms with van der Waals surface area (Å²) < 4.78 is 7.12. The van der Waals surface area contributed by atoms with Gasteiger partial charge in [-0.15, -0.1) is 0 Å². The van der Waals surface area contributed by atoms with E-state index in [2.05, 4.69) is 9.97 Å². The van der Waals surface area contributed by atoms with E-state index in [1.165, 1.54) is 4.57 Å². The molecule has 128 valence electrons. The number of hydrogen-bond donors (Lipinski definition) is 1. The maximum Gasteiger partial charge on any atom is 0.328 e. The van der Waals surface area contributed by atoms with Crippen LogP contribution in [0.3, 0.4) is 0 Å². The largest absolute Gasteiger partial charge is 0.438 e. The number of ether oxygens (including phenoxy) is 1. The Morgan fingerprint density at radius 2 is 1.80 bits per heavy atom. The van der Waals surface area contributed by atoms with E-state index in [-0.39, 0.29) is 0 Å². The number of aryl methyl sites for hydroxylation is 1. The van der Waals surface area contributed by atoms with Gasteiger partial charge >= 0.3 is 5.69 Å². The van der Waals surface area contributed by atoms with Gasteiger partial charge in [0.15, 0.2) is 0 Å². The van der Waals surface area contributed by atoms with Crippen molar-refractivity contribution >= 4 is 11.6 Å². The van der Waals surface area contributed by atoms with E-state index in [0.29, 0.717) is 27.9 Å². The zero-order chi connectivity index (χ0) is 18.1. The van der Waals surface area contributed by atoms with Gasteiger partial charge in [-0.1, -0.05) is 11.6 Å². The molecule has 0 atom stereocenters. The van der Waals surface area contributed by atoms with Gasteiger partial charge in [0, 0.05) is 18.8 Å². The van der Waals surface area contributed by atoms with Gasteiger partial charge in [-0.2, -0.15) is 0 Å². The predicted octanol–water partition coefficient (Wildman–Crippen LogP) is 3.20. The Morgan fingerprint density at radius 1 is 1.12 bits per heavy atom. The first-order chi connectivity index (χ1) is 11.9. The molecule has 0 aliphatic rings. The summed E-state index contributed by atoms with van der Waals surface area (Å²) in [4.78, 5) is 30.1. The van der Waals surface area contributed by atoms with E-state index >= 15 is 0 Å². The summed E-state index contributed by atoms with van der Waals surface area (Å²) in [5, 5.41) is 0.458. The van der Waals surface area contributed by atoms with Gasteiger partial charge < -0.3 is 4.74 Å². The van der Waals surface area contributed by atoms with Crippen molar-refractivity contribution in [2.24, 2.45) is 7.05 Å². The minimum atomic E-state index is -0.457. The molecule has 0 aliphatic carbocycles. The van der Waals surface area contributed by atoms with E-state index in [9.17, 15) is 9.59 Å². The lowest BCUT2D eigenvalue weighted by atomic mass is 10.1. The first-order valence-corrected chi connectivity index (χ1v) is 7.95. The lowest BCUT2D eigenvalue weighted by Gasteiger charge is -2.12. The van der Waals surface area contributed by atoms with Crippen LogP contribution in [0.25, 0.3) is 11.3 Å². The molecular weight excluding hydrogens is 342 g/mol. The van der Waals surface area contributed by atoms with E-state index in [1.54, 1.807) is 50.5 Å². The Bertz CT molecular complexity index is 1020. The molecule has 1 aromatic carbocycles. The van der Waals surface area contributed by atoms with Crippen LogP contribution < -0.4 is 16.0 Å². The van der Waals surface area contributed by atoms with Crippen LogP contribution in [0.2, 0.25) is 5.02 Å². The summed E-state index contributed by atoms with van der Waals surface area (Å²) in [6.45, 7) is 3.55. The van der Waals surface area contributed by atoms with Crippen molar-refractivity contribution in [2.75, 3.05) is 0 Å². The predicted molar refractivity (Wildman–Crippen MR) is 96.5 cm³/mol. The number of aromatic amines is 1. The van der Waals surface area contributed by atoms with Crippen molar-refractivity contribution in [1.82, 2.24) is 14.5 Å². The topological polar surface area (TPSA) is 77.0 Å². The number of nitrogens with zero attached hydrogens (tertiary/aromatic N) is 2. The van der Waals surface area contributed by atoms with Crippen molar-refractivity contribution in [3.05, 3.63) is 73.5 Å². The summed E-state index contributed by atoms with van der Waals surface area (Å²) >= 11 is 6.18. The number of H-pyrrole nitrogens is 1. The fourth-order valence-corrected chi connectivity index (χ4v) is 2.67. The highest BCUT2D eigenvalue weighted by molar-refractivity contribution is 6.32. The summed E-state index contributed by atoms with van der Waals surface area (Å²) in [5.74, 6) is 0.880. The Hall–Kier alpha value is -2.86. The van der Waals surface area contributed by atoms with E-state index in [4.69, 9.17) is 16.3 Å². The molecule has 0 saturated heterocycles. The summed E-state index contributed by atoms with van der Waals surface area (Å²) in [6.07, 6.45) is 1.63. The normalized spacial score (nSPS) is 10.7. The molecule has 0 fully saturated rings. The van der Waals surface area contributed by atoms with Crippen LogP contribution >= 0.6 is 11.6 Å². The van der Waals surface area contributed by atoms with E-state index in [0.717, 1.165) is 11.1 Å². The van der Waals surface area contributed by atoms with Gasteiger partial charge in [-0.3, -0.25) is 14.3 Å². The molecule has 2 aromatic heterocycles. The van der Waals surface area contributed by atoms with Crippen LogP contribution in [0.15, 0.2) is 46.1 Å². The number of benzene rings is 1. The third-order valence-corrected chi connectivity index (χ3v) is 4.41. The van der Waals surface area contributed by atoms with Gasteiger partial charge in [0.25, 0.3) is 5.56 Å². The molecule has 1 N–H and O–H groups in total. The summed E-state index contributed by atoms with van der Waals surface area (Å²) in [5.41, 5.74) is 1.79. The quantitative estimate of drug-likeness (QED) is 0.780. The molecule has 0 unspecified atom stereocenters. The lowest BCUT2D eigenvalue weighted by Crippen LogP contribution is -2.31. The monoisotopic (exact) mass is 357 g/mol. The molecule has 3 aromatic rings. The lowest BCUT2D eigenvalue weighted by molar-refractivity contribution is 0.463. The SMILES string of the molecule is Cc1ccnc(Oc2ccc(-c3c(C)c(=O)[nH]c(=O)n3C)cc2)c1Cl. The number of rotatable bonds is 3. The third-order valence-electron chi connectivity index (χ3n) is 3.95. The molecule has 0 radical (unpaired) electrons. The number of hydrogen-bond acceptors (Lipinski definition) is 4. The molecule has 0 aliphatic heterocycles. The molecular formula is C18H16ClN3O3. The van der Waals surface area contributed by atoms with Crippen molar-refractivity contribution in [3.8, 4) is 22.9 Å². The Morgan fingerprint density at radius 3 is 2.48 bits per heavy atom. The second-order valence-corrected chi connectivity index (χ2v) is 6.04. The van der Waals surface area contributed by atoms with Crippen LogP contribution in [0.4, 0.5) is 0 Å². The minimum Gasteiger partial charge on any atom is -0.438 e. The van der Waals surface area contributed by atoms with Crippen LogP contribution in [-0.4, -0.2) is 14.5 Å². The number of halogens is 1. The fourth-order valence-electron chi connectivity index (χ4n) is 2.52. The van der Waals surface area contributed by atoms with Crippen molar-refractivity contribution in [1.29, 1.82) is 0 Å². The minimum absolute atomic E-state index is 0.328. The van der Waals surface area contributed by atoms with Crippen molar-refractivity contribution in [3.63, 3.8) is 0 Å². The Kier molecular flexibility index (Phi) is 4.46. The smallest absolute Gasteiger partial charge is 0.328 e. The standard InChI is InChI=1S/C18H16ClN3O3/c1-10-8-9-20-17(14(10)19)25-13-6-4-12(5-7-13)15-11(2)16(23)21-18(24)22(15)3/h4-9H,1-3H3,(H,21,23,24). The highest BCUT2D eigenvalue weighted by Gasteiger charge is 2.12. The zero-order valence-corrected chi connectivity index (χ0v) is 14.7. The maximum absolute atomic E-state index is 11.8. The average molecular weight is 358 g/mol. The van der Waals surface area contributed by atoms with Crippen LogP contribution in [0.5, 0.6) is 11.6 Å². The summed E-state index contributed by atoms with van der Waals surface area (Å²) in [7, 11) is 1.61. The van der Waals surface area contributed by atoms with Gasteiger partial charge in [-0.25, -0.2) is 9.78 Å². The van der Waals surface area contributed by atoms with Gasteiger partial charge in [0.2, 0.25) is 5.88 Å². The molecule has 0 amide bonds. The second-order valence-electron chi connectivity index (χ2n) is 5.67. The van der Waals surface area contributed by atoms with Gasteiger partial charge in [0.1, 0.15) is 10.8 Å². The van der Waals surface area contributed by atoms with Crippen molar-refractivity contribution < 1.29 is 4.74 Å². The molecule has 0 bridgehead atoms. The van der Waals surface area contributed by atoms with Crippen LogP contribution in [0, 0.1) is 13.8 Å². The second kappa shape index (κ2) is 6.57. The maximum atomic E-state index is 11.8. The van der Waals surface area contributed by atoms with Crippen LogP contribution in [0.1, 0.15) is 11.1 Å². The third kappa shape index (κ3) is 3.21. The molecule has 6 nitrogen and oxygen atoms in total. The van der Waals surface area contributed by atoms with Crippen molar-refractivity contribution in [2.45, 2.75) is 13.8 Å².